The van der Waals surface area contributed by atoms with Crippen LogP contribution >= 0.6 is 0 Å². The summed E-state index contributed by atoms with van der Waals surface area (Å²) < 4.78 is 5.59. The minimum absolute atomic E-state index is 0.0105. The van der Waals surface area contributed by atoms with Crippen molar-refractivity contribution in [2.45, 2.75) is 39.2 Å². The number of hydrogen-bond donors (Lipinski definition) is 2. The van der Waals surface area contributed by atoms with E-state index in [9.17, 15) is 4.79 Å². The third-order valence-electron chi connectivity index (χ3n) is 3.58. The van der Waals surface area contributed by atoms with Gasteiger partial charge in [-0.3, -0.25) is 4.79 Å². The first-order valence-corrected chi connectivity index (χ1v) is 7.27. The van der Waals surface area contributed by atoms with Crippen molar-refractivity contribution < 1.29 is 9.53 Å². The van der Waals surface area contributed by atoms with Crippen LogP contribution in [0.25, 0.3) is 0 Å². The highest BCUT2D eigenvalue weighted by Gasteiger charge is 2.24. The summed E-state index contributed by atoms with van der Waals surface area (Å²) in [5.41, 5.74) is 11.8. The molecule has 2 heterocycles. The van der Waals surface area contributed by atoms with Crippen molar-refractivity contribution in [1.82, 2.24) is 9.97 Å². The average molecular weight is 293 g/mol. The zero-order valence-electron chi connectivity index (χ0n) is 12.6. The molecule has 116 valence electrons. The summed E-state index contributed by atoms with van der Waals surface area (Å²) in [4.78, 5) is 21.4. The number of nitrogens with two attached hydrogens (primary N) is 2. The molecule has 0 saturated carbocycles. The van der Waals surface area contributed by atoms with Gasteiger partial charge in [-0.15, -0.1) is 0 Å². The lowest BCUT2D eigenvalue weighted by molar-refractivity contribution is -0.119. The lowest BCUT2D eigenvalue weighted by Crippen LogP contribution is -2.36. The molecule has 21 heavy (non-hydrogen) atoms. The molecule has 1 aliphatic heterocycles. The first kappa shape index (κ1) is 15.3. The highest BCUT2D eigenvalue weighted by atomic mass is 16.5. The second-order valence-electron chi connectivity index (χ2n) is 5.68. The van der Waals surface area contributed by atoms with Crippen molar-refractivity contribution in [3.05, 3.63) is 6.33 Å². The van der Waals surface area contributed by atoms with E-state index in [1.165, 1.54) is 6.33 Å². The Hall–Kier alpha value is -2.05. The van der Waals surface area contributed by atoms with Crippen molar-refractivity contribution in [2.75, 3.05) is 23.7 Å². The van der Waals surface area contributed by atoms with Gasteiger partial charge in [0, 0.05) is 19.5 Å². The minimum Gasteiger partial charge on any atom is -0.473 e. The molecule has 1 aliphatic rings. The monoisotopic (exact) mass is 293 g/mol. The summed E-state index contributed by atoms with van der Waals surface area (Å²) >= 11 is 0. The summed E-state index contributed by atoms with van der Waals surface area (Å²) in [6.45, 7) is 5.47. The molecule has 1 fully saturated rings. The fourth-order valence-electron chi connectivity index (χ4n) is 2.57. The zero-order valence-corrected chi connectivity index (χ0v) is 12.6. The number of carbonyl (C=O) groups is 1. The quantitative estimate of drug-likeness (QED) is 0.836. The third-order valence-corrected chi connectivity index (χ3v) is 3.58. The molecule has 0 radical (unpaired) electrons. The summed E-state index contributed by atoms with van der Waals surface area (Å²) in [6, 6.07) is 0. The first-order valence-electron chi connectivity index (χ1n) is 7.27. The number of piperidine rings is 1. The fourth-order valence-corrected chi connectivity index (χ4v) is 2.57. The van der Waals surface area contributed by atoms with Gasteiger partial charge in [-0.05, 0) is 32.6 Å². The van der Waals surface area contributed by atoms with Gasteiger partial charge in [0.1, 0.15) is 12.0 Å². The third kappa shape index (κ3) is 3.96. The van der Waals surface area contributed by atoms with Gasteiger partial charge in [-0.2, -0.15) is 4.98 Å². The van der Waals surface area contributed by atoms with Gasteiger partial charge in [-0.1, -0.05) is 0 Å². The predicted molar refractivity (Wildman–Crippen MR) is 81.0 cm³/mol. The average Bonchev–Trinajstić information content (AvgIpc) is 2.41. The van der Waals surface area contributed by atoms with E-state index in [0.717, 1.165) is 25.9 Å². The predicted octanol–water partition coefficient (Wildman–Crippen LogP) is 0.938. The van der Waals surface area contributed by atoms with Gasteiger partial charge in [0.25, 0.3) is 0 Å². The molecule has 4 N–H and O–H groups in total. The fraction of sp³-hybridized carbons (Fsp3) is 0.643. The maximum absolute atomic E-state index is 11.0. The molecular weight excluding hydrogens is 270 g/mol. The summed E-state index contributed by atoms with van der Waals surface area (Å²) in [5.74, 6) is 1.25. The number of nitrogens with zero attached hydrogens (tertiary/aromatic N) is 3. The number of nitrogen functional groups attached to an aromatic ring is 1. The highest BCUT2D eigenvalue weighted by molar-refractivity contribution is 5.74. The maximum Gasteiger partial charge on any atom is 0.242 e. The van der Waals surface area contributed by atoms with Crippen molar-refractivity contribution in [1.29, 1.82) is 0 Å². The van der Waals surface area contributed by atoms with Gasteiger partial charge >= 0.3 is 0 Å². The van der Waals surface area contributed by atoms with Crippen LogP contribution in [-0.2, 0) is 4.79 Å². The Morgan fingerprint density at radius 3 is 2.67 bits per heavy atom. The highest BCUT2D eigenvalue weighted by Crippen LogP contribution is 2.31. The van der Waals surface area contributed by atoms with Crippen LogP contribution in [-0.4, -0.2) is 35.1 Å². The van der Waals surface area contributed by atoms with E-state index in [1.54, 1.807) is 0 Å². The normalized spacial score (nSPS) is 16.2. The maximum atomic E-state index is 11.0. The molecule has 1 amide bonds. The van der Waals surface area contributed by atoms with Gasteiger partial charge in [0.2, 0.25) is 11.8 Å². The van der Waals surface area contributed by atoms with E-state index in [0.29, 0.717) is 29.7 Å². The topological polar surface area (TPSA) is 107 Å². The Morgan fingerprint density at radius 1 is 1.43 bits per heavy atom. The SMILES string of the molecule is CC(C)Oc1ncnc(N2CCC(CC(N)=O)CC2)c1N. The Bertz CT molecular complexity index is 498. The van der Waals surface area contributed by atoms with E-state index in [4.69, 9.17) is 16.2 Å². The molecule has 7 nitrogen and oxygen atoms in total. The molecule has 0 atom stereocenters. The summed E-state index contributed by atoms with van der Waals surface area (Å²) in [7, 11) is 0. The zero-order chi connectivity index (χ0) is 15.4. The first-order chi connectivity index (χ1) is 9.97. The van der Waals surface area contributed by atoms with Crippen LogP contribution in [0.3, 0.4) is 0 Å². The van der Waals surface area contributed by atoms with Crippen LogP contribution in [0.2, 0.25) is 0 Å². The Kier molecular flexibility index (Phi) is 4.82. The van der Waals surface area contributed by atoms with Crippen LogP contribution in [0.15, 0.2) is 6.33 Å². The number of anilines is 2. The van der Waals surface area contributed by atoms with Crippen molar-refractivity contribution in [3.8, 4) is 5.88 Å². The Labute approximate surface area is 124 Å². The van der Waals surface area contributed by atoms with Crippen LogP contribution in [0.5, 0.6) is 5.88 Å². The van der Waals surface area contributed by atoms with E-state index in [-0.39, 0.29) is 12.0 Å². The van der Waals surface area contributed by atoms with Gasteiger partial charge in [0.05, 0.1) is 6.10 Å². The molecule has 0 bridgehead atoms. The molecule has 1 aromatic rings. The van der Waals surface area contributed by atoms with Gasteiger partial charge < -0.3 is 21.1 Å². The number of hydrogen-bond acceptors (Lipinski definition) is 6. The molecule has 0 aliphatic carbocycles. The number of aromatic nitrogens is 2. The van der Waals surface area contributed by atoms with Crippen LogP contribution in [0.4, 0.5) is 11.5 Å². The molecule has 1 saturated heterocycles. The molecular formula is C14H23N5O2. The van der Waals surface area contributed by atoms with E-state index in [1.807, 2.05) is 13.8 Å². The Morgan fingerprint density at radius 2 is 2.10 bits per heavy atom. The molecule has 0 spiro atoms. The summed E-state index contributed by atoms with van der Waals surface area (Å²) in [6.07, 6.45) is 3.75. The van der Waals surface area contributed by atoms with Gasteiger partial charge in [-0.25, -0.2) is 4.98 Å². The molecule has 0 unspecified atom stereocenters. The molecule has 0 aromatic carbocycles. The van der Waals surface area contributed by atoms with Crippen LogP contribution in [0.1, 0.15) is 33.1 Å². The molecule has 7 heteroatoms. The largest absolute Gasteiger partial charge is 0.473 e. The van der Waals surface area contributed by atoms with Gasteiger partial charge in [0.15, 0.2) is 5.82 Å². The number of ether oxygens (including phenoxy) is 1. The van der Waals surface area contributed by atoms with E-state index in [2.05, 4.69) is 14.9 Å². The van der Waals surface area contributed by atoms with Crippen molar-refractivity contribution in [3.63, 3.8) is 0 Å². The number of carbonyl (C=O) groups excluding carboxylic acids is 1. The van der Waals surface area contributed by atoms with Crippen molar-refractivity contribution in [2.24, 2.45) is 11.7 Å². The lowest BCUT2D eigenvalue weighted by Gasteiger charge is -2.33. The second-order valence-corrected chi connectivity index (χ2v) is 5.68. The molecule has 1 aromatic heterocycles. The van der Waals surface area contributed by atoms with Crippen LogP contribution in [0, 0.1) is 5.92 Å². The van der Waals surface area contributed by atoms with Crippen molar-refractivity contribution >= 4 is 17.4 Å². The second kappa shape index (κ2) is 6.60. The van der Waals surface area contributed by atoms with Crippen LogP contribution < -0.4 is 21.1 Å². The number of primary amides is 1. The molecule has 2 rings (SSSR count). The Balaban J connectivity index is 2.05. The van der Waals surface area contributed by atoms with E-state index >= 15 is 0 Å². The number of rotatable bonds is 5. The smallest absolute Gasteiger partial charge is 0.242 e. The summed E-state index contributed by atoms with van der Waals surface area (Å²) in [5, 5.41) is 0. The van der Waals surface area contributed by atoms with E-state index < -0.39 is 0 Å². The minimum atomic E-state index is -0.234. The lowest BCUT2D eigenvalue weighted by atomic mass is 9.93. The standard InChI is InChI=1S/C14H23N5O2/c1-9(2)21-14-12(16)13(17-8-18-14)19-5-3-10(4-6-19)7-11(15)20/h8-10H,3-7,16H2,1-2H3,(H2,15,20). The number of amides is 1.